The summed E-state index contributed by atoms with van der Waals surface area (Å²) >= 11 is 1.88. The van der Waals surface area contributed by atoms with E-state index in [1.165, 1.54) is 75.5 Å². The molecule has 0 aliphatic heterocycles. The van der Waals surface area contributed by atoms with Crippen LogP contribution in [0.3, 0.4) is 0 Å². The van der Waals surface area contributed by atoms with Crippen LogP contribution in [0.4, 0.5) is 0 Å². The zero-order chi connectivity index (χ0) is 40.1. The number of aromatic nitrogens is 2. The summed E-state index contributed by atoms with van der Waals surface area (Å²) in [5.74, 6) is 0.900. The molecule has 0 unspecified atom stereocenters. The van der Waals surface area contributed by atoms with Crippen molar-refractivity contribution in [3.63, 3.8) is 0 Å². The zero-order valence-electron chi connectivity index (χ0n) is 33.1. The highest BCUT2D eigenvalue weighted by Crippen LogP contribution is 2.56. The molecular weight excluding hydrogens is 757 g/mol. The average Bonchev–Trinajstić information content (AvgIpc) is 3.98. The number of thiophene rings is 1. The van der Waals surface area contributed by atoms with Gasteiger partial charge in [-0.1, -0.05) is 188 Å². The van der Waals surface area contributed by atoms with Crippen molar-refractivity contribution >= 4 is 64.2 Å². The number of rotatable bonds is 5. The van der Waals surface area contributed by atoms with E-state index < -0.39 is 5.41 Å². The van der Waals surface area contributed by atoms with Crippen LogP contribution in [0.2, 0.25) is 0 Å². The second-order valence-corrected chi connectivity index (χ2v) is 17.2. The number of para-hydroxylation sites is 2. The van der Waals surface area contributed by atoms with Crippen LogP contribution in [0, 0.1) is 0 Å². The normalized spacial score (nSPS) is 13.0. The predicted octanol–water partition coefficient (Wildman–Crippen LogP) is 15.4. The summed E-state index contributed by atoms with van der Waals surface area (Å²) < 4.78 is 5.05. The third-order valence-electron chi connectivity index (χ3n) is 13.1. The molecule has 61 heavy (non-hydrogen) atoms. The standard InChI is InChI=1S/C58H36N2S/c1-2-15-39(16-3-1)58(50-24-9-4-17-42(50)43-18-5-10-25-51(43)58)40-33-34-46-45-20-7-12-27-53(45)60(54(46)35-40)56-36-49(44-19-6-11-26-52(44)59-56)38-31-29-37(30-32-38)41-22-14-23-48-47-21-8-13-28-55(47)61-57(41)48/h1-36H. The minimum atomic E-state index is -0.506. The third kappa shape index (κ3) is 4.93. The first-order valence-electron chi connectivity index (χ1n) is 21.0. The van der Waals surface area contributed by atoms with Gasteiger partial charge in [0.1, 0.15) is 5.82 Å². The Bertz CT molecular complexity index is 3660. The molecule has 0 bridgehead atoms. The van der Waals surface area contributed by atoms with Crippen LogP contribution in [-0.4, -0.2) is 9.55 Å². The lowest BCUT2D eigenvalue weighted by Crippen LogP contribution is -2.28. The highest BCUT2D eigenvalue weighted by molar-refractivity contribution is 7.26. The summed E-state index contributed by atoms with van der Waals surface area (Å²) in [5, 5.41) is 6.19. The third-order valence-corrected chi connectivity index (χ3v) is 14.3. The predicted molar refractivity (Wildman–Crippen MR) is 257 cm³/mol. The van der Waals surface area contributed by atoms with Crippen molar-refractivity contribution in [2.45, 2.75) is 5.41 Å². The van der Waals surface area contributed by atoms with Gasteiger partial charge in [-0.25, -0.2) is 4.98 Å². The molecule has 0 radical (unpaired) electrons. The lowest BCUT2D eigenvalue weighted by Gasteiger charge is -2.34. The Hall–Kier alpha value is -7.59. The number of hydrogen-bond acceptors (Lipinski definition) is 2. The van der Waals surface area contributed by atoms with Crippen molar-refractivity contribution in [3.05, 3.63) is 241 Å². The van der Waals surface area contributed by atoms with Crippen LogP contribution in [0.15, 0.2) is 218 Å². The van der Waals surface area contributed by atoms with Gasteiger partial charge in [0.2, 0.25) is 0 Å². The van der Waals surface area contributed by atoms with E-state index in [9.17, 15) is 0 Å². The van der Waals surface area contributed by atoms with Gasteiger partial charge in [-0.2, -0.15) is 0 Å². The van der Waals surface area contributed by atoms with Crippen LogP contribution in [-0.2, 0) is 5.41 Å². The van der Waals surface area contributed by atoms with Crippen molar-refractivity contribution < 1.29 is 0 Å². The molecule has 2 nitrogen and oxygen atoms in total. The van der Waals surface area contributed by atoms with E-state index in [2.05, 4.69) is 223 Å². The largest absolute Gasteiger partial charge is 0.294 e. The Morgan fingerprint density at radius 1 is 0.377 bits per heavy atom. The number of hydrogen-bond donors (Lipinski definition) is 0. The molecule has 9 aromatic carbocycles. The summed E-state index contributed by atoms with van der Waals surface area (Å²) in [6, 6.07) is 80.4. The van der Waals surface area contributed by atoms with E-state index in [4.69, 9.17) is 4.98 Å². The van der Waals surface area contributed by atoms with Gasteiger partial charge < -0.3 is 0 Å². The molecule has 0 N–H and O–H groups in total. The van der Waals surface area contributed by atoms with E-state index in [0.29, 0.717) is 0 Å². The molecule has 12 aromatic rings. The van der Waals surface area contributed by atoms with Gasteiger partial charge >= 0.3 is 0 Å². The summed E-state index contributed by atoms with van der Waals surface area (Å²) in [4.78, 5) is 5.46. The van der Waals surface area contributed by atoms with Crippen molar-refractivity contribution in [3.8, 4) is 39.2 Å². The summed E-state index contributed by atoms with van der Waals surface area (Å²) in [5.41, 5.74) is 15.2. The van der Waals surface area contributed by atoms with Gasteiger partial charge in [0, 0.05) is 36.3 Å². The highest BCUT2D eigenvalue weighted by Gasteiger charge is 2.46. The van der Waals surface area contributed by atoms with Gasteiger partial charge in [0.05, 0.1) is 22.0 Å². The molecule has 1 aliphatic rings. The van der Waals surface area contributed by atoms with Crippen LogP contribution in [0.25, 0.3) is 92.1 Å². The maximum Gasteiger partial charge on any atom is 0.138 e. The van der Waals surface area contributed by atoms with Crippen molar-refractivity contribution in [1.82, 2.24) is 9.55 Å². The van der Waals surface area contributed by atoms with Crippen molar-refractivity contribution in [1.29, 1.82) is 0 Å². The van der Waals surface area contributed by atoms with Gasteiger partial charge in [-0.15, -0.1) is 11.3 Å². The second-order valence-electron chi connectivity index (χ2n) is 16.2. The Morgan fingerprint density at radius 2 is 0.967 bits per heavy atom. The first-order valence-corrected chi connectivity index (χ1v) is 21.8. The molecule has 0 atom stereocenters. The summed E-state index contributed by atoms with van der Waals surface area (Å²) in [7, 11) is 0. The van der Waals surface area contributed by atoms with Crippen molar-refractivity contribution in [2.24, 2.45) is 0 Å². The molecule has 3 heteroatoms. The van der Waals surface area contributed by atoms with E-state index >= 15 is 0 Å². The van der Waals surface area contributed by atoms with Gasteiger partial charge in [-0.05, 0) is 86.0 Å². The van der Waals surface area contributed by atoms with E-state index in [-0.39, 0.29) is 0 Å². The van der Waals surface area contributed by atoms with Gasteiger partial charge in [0.15, 0.2) is 0 Å². The fourth-order valence-electron chi connectivity index (χ4n) is 10.5. The maximum atomic E-state index is 5.46. The van der Waals surface area contributed by atoms with E-state index in [0.717, 1.165) is 38.9 Å². The molecule has 3 heterocycles. The van der Waals surface area contributed by atoms with Crippen LogP contribution in [0.1, 0.15) is 22.3 Å². The number of nitrogens with zero attached hydrogens (tertiary/aromatic N) is 2. The number of benzene rings is 9. The Morgan fingerprint density at radius 3 is 1.75 bits per heavy atom. The minimum absolute atomic E-state index is 0.506. The monoisotopic (exact) mass is 792 g/mol. The average molecular weight is 793 g/mol. The molecule has 0 amide bonds. The molecule has 3 aromatic heterocycles. The molecule has 0 fully saturated rings. The highest BCUT2D eigenvalue weighted by atomic mass is 32.1. The summed E-state index contributed by atoms with van der Waals surface area (Å²) in [6.45, 7) is 0. The quantitative estimate of drug-likeness (QED) is 0.170. The molecular formula is C58H36N2S. The SMILES string of the molecule is c1ccc(C2(c3ccc4c5ccccc5n(-c5cc(-c6ccc(-c7cccc8c7sc7ccccc78)cc6)c6ccccc6n5)c4c3)c3ccccc3-c3ccccc32)cc1. The topological polar surface area (TPSA) is 17.8 Å². The lowest BCUT2D eigenvalue weighted by atomic mass is 9.67. The Labute approximate surface area is 357 Å². The molecule has 0 spiro atoms. The molecule has 0 saturated heterocycles. The molecule has 0 saturated carbocycles. The van der Waals surface area contributed by atoms with Crippen molar-refractivity contribution in [2.75, 3.05) is 0 Å². The van der Waals surface area contributed by atoms with Crippen LogP contribution >= 0.6 is 11.3 Å². The van der Waals surface area contributed by atoms with Gasteiger partial charge in [-0.3, -0.25) is 4.57 Å². The fourth-order valence-corrected chi connectivity index (χ4v) is 11.7. The zero-order valence-corrected chi connectivity index (χ0v) is 33.9. The van der Waals surface area contributed by atoms with E-state index in [1.54, 1.807) is 0 Å². The lowest BCUT2D eigenvalue weighted by molar-refractivity contribution is 0.769. The minimum Gasteiger partial charge on any atom is -0.294 e. The summed E-state index contributed by atoms with van der Waals surface area (Å²) in [6.07, 6.45) is 0. The Kier molecular flexibility index (Phi) is 7.42. The number of fused-ring (bicyclic) bond motifs is 10. The molecule has 13 rings (SSSR count). The molecule has 284 valence electrons. The second kappa shape index (κ2) is 13.2. The number of pyridine rings is 1. The fraction of sp³-hybridized carbons (Fsp3) is 0.0172. The smallest absolute Gasteiger partial charge is 0.138 e. The Balaban J connectivity index is 1.03. The first-order chi connectivity index (χ1) is 30.3. The first kappa shape index (κ1) is 34.3. The maximum absolute atomic E-state index is 5.46. The van der Waals surface area contributed by atoms with E-state index in [1.807, 2.05) is 11.3 Å². The molecule has 1 aliphatic carbocycles. The van der Waals surface area contributed by atoms with Gasteiger partial charge in [0.25, 0.3) is 0 Å². The van der Waals surface area contributed by atoms with Crippen LogP contribution in [0.5, 0.6) is 0 Å². The van der Waals surface area contributed by atoms with Crippen LogP contribution < -0.4 is 0 Å².